The molecule has 0 aliphatic heterocycles. The average molecular weight is 809 g/mol. The van der Waals surface area contributed by atoms with Crippen molar-refractivity contribution in [1.82, 2.24) is 0 Å². The summed E-state index contributed by atoms with van der Waals surface area (Å²) in [6.45, 7) is 5.43. The third kappa shape index (κ3) is 40.0. The second kappa shape index (κ2) is 37.7. The van der Waals surface area contributed by atoms with E-state index in [9.17, 15) is 24.5 Å². The Morgan fingerprint density at radius 1 is 0.545 bits per heavy atom. The molecule has 4 atom stereocenters. The number of hydrogen-bond acceptors (Lipinski definition) is 8. The number of phosphoric ester groups is 1. The van der Waals surface area contributed by atoms with Crippen LogP contribution in [0.25, 0.3) is 0 Å². The van der Waals surface area contributed by atoms with Gasteiger partial charge in [0.1, 0.15) is 19.3 Å². The Hall–Kier alpha value is -0.580. The Labute approximate surface area is 339 Å². The van der Waals surface area contributed by atoms with Crippen LogP contribution in [-0.2, 0) is 27.9 Å². The molecule has 11 heteroatoms. The minimum Gasteiger partial charge on any atom is -0.457 e. The predicted molar refractivity (Wildman–Crippen MR) is 227 cm³/mol. The van der Waals surface area contributed by atoms with Gasteiger partial charge in [0, 0.05) is 13.0 Å². The van der Waals surface area contributed by atoms with E-state index in [1.165, 1.54) is 96.3 Å². The number of aliphatic hydroxyl groups is 2. The maximum absolute atomic E-state index is 12.7. The SMILES string of the molecule is CCCCCCCCCCCCCCCCCCOCC(COP(=O)(O)OCC[N+](C)(C)C)OC(=O)CCCCCCCCCC(O)C(O)CCCCCC. The molecule has 3 N–H and O–H groups in total. The van der Waals surface area contributed by atoms with Crippen LogP contribution in [0.15, 0.2) is 0 Å². The van der Waals surface area contributed by atoms with Gasteiger partial charge in [-0.25, -0.2) is 4.57 Å². The third-order valence-corrected chi connectivity index (χ3v) is 11.3. The number of rotatable bonds is 43. The van der Waals surface area contributed by atoms with Crippen molar-refractivity contribution in [2.75, 3.05) is 54.1 Å². The zero-order valence-electron chi connectivity index (χ0n) is 36.7. The lowest BCUT2D eigenvalue weighted by Crippen LogP contribution is -2.37. The second-order valence-electron chi connectivity index (χ2n) is 17.1. The molecule has 0 aromatic rings. The molecule has 0 amide bonds. The molecule has 0 aromatic carbocycles. The predicted octanol–water partition coefficient (Wildman–Crippen LogP) is 11.2. The van der Waals surface area contributed by atoms with Crippen LogP contribution < -0.4 is 0 Å². The molecule has 0 fully saturated rings. The minimum atomic E-state index is -4.30. The third-order valence-electron chi connectivity index (χ3n) is 10.4. The molecule has 0 rings (SSSR count). The molecule has 4 unspecified atom stereocenters. The first-order chi connectivity index (χ1) is 26.4. The van der Waals surface area contributed by atoms with Gasteiger partial charge in [0.05, 0.1) is 46.6 Å². The Kier molecular flexibility index (Phi) is 37.3. The van der Waals surface area contributed by atoms with Crippen LogP contribution in [-0.4, -0.2) is 98.0 Å². The number of unbranched alkanes of at least 4 members (excludes halogenated alkanes) is 24. The molecule has 0 radical (unpaired) electrons. The number of carbonyl (C=O) groups is 1. The maximum atomic E-state index is 12.7. The van der Waals surface area contributed by atoms with E-state index in [4.69, 9.17) is 18.5 Å². The van der Waals surface area contributed by atoms with Gasteiger partial charge in [-0.1, -0.05) is 174 Å². The van der Waals surface area contributed by atoms with E-state index in [2.05, 4.69) is 13.8 Å². The van der Waals surface area contributed by atoms with Crippen LogP contribution in [0.3, 0.4) is 0 Å². The molecule has 0 aromatic heterocycles. The Balaban J connectivity index is 4.26. The largest absolute Gasteiger partial charge is 0.472 e. The summed E-state index contributed by atoms with van der Waals surface area (Å²) in [5, 5.41) is 20.4. The van der Waals surface area contributed by atoms with Gasteiger partial charge < -0.3 is 29.1 Å². The van der Waals surface area contributed by atoms with Gasteiger partial charge in [0.2, 0.25) is 0 Å². The smallest absolute Gasteiger partial charge is 0.457 e. The number of nitrogens with zero attached hydrogens (tertiary/aromatic N) is 1. The van der Waals surface area contributed by atoms with E-state index >= 15 is 0 Å². The van der Waals surface area contributed by atoms with Crippen LogP contribution in [0.4, 0.5) is 0 Å². The summed E-state index contributed by atoms with van der Waals surface area (Å²) >= 11 is 0. The first-order valence-corrected chi connectivity index (χ1v) is 24.5. The van der Waals surface area contributed by atoms with Crippen molar-refractivity contribution >= 4 is 13.8 Å². The minimum absolute atomic E-state index is 0.0712. The average Bonchev–Trinajstić information content (AvgIpc) is 3.13. The van der Waals surface area contributed by atoms with Crippen molar-refractivity contribution in [1.29, 1.82) is 0 Å². The zero-order chi connectivity index (χ0) is 40.9. The molecule has 0 bridgehead atoms. The van der Waals surface area contributed by atoms with Gasteiger partial charge in [-0.3, -0.25) is 13.8 Å². The van der Waals surface area contributed by atoms with Crippen molar-refractivity contribution in [3.8, 4) is 0 Å². The van der Waals surface area contributed by atoms with Gasteiger partial charge >= 0.3 is 13.8 Å². The standard InChI is InChI=1S/C44H90NO9P/c1-6-8-10-12-13-14-15-16-17-18-19-20-21-25-28-32-37-51-39-41(40-53-55(49,50)52-38-36-45(3,4)5)54-44(48)35-31-27-24-22-23-26-30-34-43(47)42(46)33-29-11-9-7-2/h41-43,46-47H,6-40H2,1-5H3/p+1. The normalized spacial score (nSPS) is 14.8. The Morgan fingerprint density at radius 3 is 1.40 bits per heavy atom. The summed E-state index contributed by atoms with van der Waals surface area (Å²) < 4.78 is 35.0. The number of esters is 1. The highest BCUT2D eigenvalue weighted by Crippen LogP contribution is 2.43. The highest BCUT2D eigenvalue weighted by atomic mass is 31.2. The fraction of sp³-hybridized carbons (Fsp3) is 0.977. The lowest BCUT2D eigenvalue weighted by molar-refractivity contribution is -0.870. The van der Waals surface area contributed by atoms with Gasteiger partial charge in [0.25, 0.3) is 0 Å². The number of ether oxygens (including phenoxy) is 2. The Bertz CT molecular complexity index is 888. The first kappa shape index (κ1) is 54.4. The first-order valence-electron chi connectivity index (χ1n) is 23.0. The van der Waals surface area contributed by atoms with Gasteiger partial charge in [-0.05, 0) is 25.7 Å². The highest BCUT2D eigenvalue weighted by molar-refractivity contribution is 7.47. The van der Waals surface area contributed by atoms with Crippen LogP contribution in [0, 0.1) is 0 Å². The molecule has 0 saturated carbocycles. The van der Waals surface area contributed by atoms with Crippen LogP contribution >= 0.6 is 7.82 Å². The molecule has 10 nitrogen and oxygen atoms in total. The number of carbonyl (C=O) groups excluding carboxylic acids is 1. The summed E-state index contributed by atoms with van der Waals surface area (Å²) in [5.74, 6) is -0.361. The summed E-state index contributed by atoms with van der Waals surface area (Å²) in [6, 6.07) is 0. The van der Waals surface area contributed by atoms with Crippen LogP contribution in [0.5, 0.6) is 0 Å². The number of aliphatic hydroxyl groups excluding tert-OH is 2. The molecule has 0 aliphatic carbocycles. The lowest BCUT2D eigenvalue weighted by Gasteiger charge is -2.24. The monoisotopic (exact) mass is 809 g/mol. The van der Waals surface area contributed by atoms with Crippen LogP contribution in [0.1, 0.15) is 206 Å². The van der Waals surface area contributed by atoms with E-state index in [1.54, 1.807) is 0 Å². The van der Waals surface area contributed by atoms with Crippen molar-refractivity contribution in [3.05, 3.63) is 0 Å². The molecule has 0 aliphatic rings. The molecular weight excluding hydrogens is 717 g/mol. The van der Waals surface area contributed by atoms with Crippen molar-refractivity contribution in [3.63, 3.8) is 0 Å². The topological polar surface area (TPSA) is 132 Å². The number of likely N-dealkylation sites (N-methyl/N-ethyl adjacent to an activating group) is 1. The van der Waals surface area contributed by atoms with E-state index in [-0.39, 0.29) is 32.2 Å². The lowest BCUT2D eigenvalue weighted by atomic mass is 10.00. The molecular formula is C44H91NO9P+. The van der Waals surface area contributed by atoms with Crippen molar-refractivity contribution in [2.45, 2.75) is 225 Å². The number of quaternary nitrogens is 1. The molecule has 0 spiro atoms. The summed E-state index contributed by atoms with van der Waals surface area (Å²) in [5.41, 5.74) is 0. The molecule has 0 saturated heterocycles. The number of phosphoric acid groups is 1. The summed E-state index contributed by atoms with van der Waals surface area (Å²) in [7, 11) is 1.61. The fourth-order valence-corrected chi connectivity index (χ4v) is 7.39. The van der Waals surface area contributed by atoms with E-state index in [1.807, 2.05) is 21.1 Å². The van der Waals surface area contributed by atoms with E-state index in [0.29, 0.717) is 36.9 Å². The van der Waals surface area contributed by atoms with E-state index < -0.39 is 26.1 Å². The highest BCUT2D eigenvalue weighted by Gasteiger charge is 2.26. The number of hydrogen-bond donors (Lipinski definition) is 3. The maximum Gasteiger partial charge on any atom is 0.472 e. The van der Waals surface area contributed by atoms with Crippen molar-refractivity contribution < 1.29 is 47.5 Å². The van der Waals surface area contributed by atoms with Crippen molar-refractivity contribution in [2.24, 2.45) is 0 Å². The second-order valence-corrected chi connectivity index (χ2v) is 18.6. The van der Waals surface area contributed by atoms with Gasteiger partial charge in [0.15, 0.2) is 0 Å². The zero-order valence-corrected chi connectivity index (χ0v) is 37.6. The van der Waals surface area contributed by atoms with Gasteiger partial charge in [-0.2, -0.15) is 0 Å². The molecule has 0 heterocycles. The summed E-state index contributed by atoms with van der Waals surface area (Å²) in [4.78, 5) is 22.9. The summed E-state index contributed by atoms with van der Waals surface area (Å²) in [6.07, 6.45) is 31.6. The fourth-order valence-electron chi connectivity index (χ4n) is 6.64. The molecule has 55 heavy (non-hydrogen) atoms. The molecule has 330 valence electrons. The Morgan fingerprint density at radius 2 is 0.945 bits per heavy atom. The van der Waals surface area contributed by atoms with Gasteiger partial charge in [-0.15, -0.1) is 0 Å². The quantitative estimate of drug-likeness (QED) is 0.0238. The van der Waals surface area contributed by atoms with E-state index in [0.717, 1.165) is 70.6 Å². The van der Waals surface area contributed by atoms with Crippen LogP contribution in [0.2, 0.25) is 0 Å².